The standard InChI is InChI=1S/C16H18O5/c1-10-5-3-2-4-6-12(17)7-11-8-13(18)9-14(19)15(11)16(20)21-10/h4,6,8-10,18-19H,2-3,5,7H2,1H3/b6-4-/t10-/m1/s1. The molecule has 112 valence electrons. The first-order chi connectivity index (χ1) is 9.97. The van der Waals surface area contributed by atoms with E-state index < -0.39 is 5.97 Å². The molecule has 0 spiro atoms. The fraction of sp³-hybridized carbons (Fsp3) is 0.375. The SMILES string of the molecule is C[C@@H]1CCC/C=C\C(=O)Cc2cc(O)cc(O)c2C(=O)O1. The van der Waals surface area contributed by atoms with E-state index in [-0.39, 0.29) is 40.9 Å². The molecule has 0 saturated heterocycles. The number of ether oxygens (including phenoxy) is 1. The predicted molar refractivity (Wildman–Crippen MR) is 76.4 cm³/mol. The van der Waals surface area contributed by atoms with Gasteiger partial charge in [0, 0.05) is 12.5 Å². The number of hydrogen-bond acceptors (Lipinski definition) is 5. The number of esters is 1. The van der Waals surface area contributed by atoms with Crippen LogP contribution in [0.3, 0.4) is 0 Å². The highest BCUT2D eigenvalue weighted by molar-refractivity contribution is 5.98. The third-order valence-electron chi connectivity index (χ3n) is 3.35. The molecular formula is C16H18O5. The maximum absolute atomic E-state index is 12.2. The van der Waals surface area contributed by atoms with Crippen LogP contribution < -0.4 is 0 Å². The van der Waals surface area contributed by atoms with Gasteiger partial charge >= 0.3 is 5.97 Å². The smallest absolute Gasteiger partial charge is 0.342 e. The highest BCUT2D eigenvalue weighted by Crippen LogP contribution is 2.29. The van der Waals surface area contributed by atoms with Gasteiger partial charge in [0.15, 0.2) is 5.78 Å². The van der Waals surface area contributed by atoms with Gasteiger partial charge in [-0.25, -0.2) is 4.79 Å². The van der Waals surface area contributed by atoms with E-state index in [1.54, 1.807) is 13.0 Å². The van der Waals surface area contributed by atoms with E-state index in [4.69, 9.17) is 4.74 Å². The van der Waals surface area contributed by atoms with Gasteiger partial charge in [0.2, 0.25) is 0 Å². The number of allylic oxidation sites excluding steroid dienone is 2. The van der Waals surface area contributed by atoms with Crippen molar-refractivity contribution in [3.63, 3.8) is 0 Å². The van der Waals surface area contributed by atoms with Gasteiger partial charge in [0.05, 0.1) is 6.10 Å². The lowest BCUT2D eigenvalue weighted by molar-refractivity contribution is -0.114. The van der Waals surface area contributed by atoms with Crippen molar-refractivity contribution < 1.29 is 24.5 Å². The number of hydrogen-bond donors (Lipinski definition) is 2. The Morgan fingerprint density at radius 2 is 2.00 bits per heavy atom. The molecule has 0 fully saturated rings. The number of fused-ring (bicyclic) bond motifs is 1. The van der Waals surface area contributed by atoms with Crippen molar-refractivity contribution in [3.05, 3.63) is 35.4 Å². The number of benzene rings is 1. The molecule has 5 nitrogen and oxygen atoms in total. The molecule has 5 heteroatoms. The van der Waals surface area contributed by atoms with Gasteiger partial charge in [0.1, 0.15) is 17.1 Å². The van der Waals surface area contributed by atoms with E-state index in [1.807, 2.05) is 0 Å². The zero-order valence-electron chi connectivity index (χ0n) is 11.8. The van der Waals surface area contributed by atoms with E-state index in [1.165, 1.54) is 12.1 Å². The quantitative estimate of drug-likeness (QED) is 0.717. The maximum Gasteiger partial charge on any atom is 0.342 e. The Hall–Kier alpha value is -2.30. The van der Waals surface area contributed by atoms with Crippen LogP contribution in [0.1, 0.15) is 42.1 Å². The second-order valence-electron chi connectivity index (χ2n) is 5.19. The molecule has 0 bridgehead atoms. The summed E-state index contributed by atoms with van der Waals surface area (Å²) in [6, 6.07) is 2.37. The first-order valence-corrected chi connectivity index (χ1v) is 6.92. The Labute approximate surface area is 122 Å². The van der Waals surface area contributed by atoms with E-state index in [2.05, 4.69) is 0 Å². The van der Waals surface area contributed by atoms with Crippen LogP contribution >= 0.6 is 0 Å². The molecule has 0 aliphatic carbocycles. The highest BCUT2D eigenvalue weighted by Gasteiger charge is 2.22. The molecule has 0 unspecified atom stereocenters. The van der Waals surface area contributed by atoms with Crippen LogP contribution in [0.15, 0.2) is 24.3 Å². The molecule has 0 amide bonds. The minimum absolute atomic E-state index is 0.0537. The van der Waals surface area contributed by atoms with Gasteiger partial charge in [0.25, 0.3) is 0 Å². The molecule has 2 rings (SSSR count). The summed E-state index contributed by atoms with van der Waals surface area (Å²) in [6.07, 6.45) is 5.15. The first-order valence-electron chi connectivity index (χ1n) is 6.92. The van der Waals surface area contributed by atoms with Gasteiger partial charge in [-0.2, -0.15) is 0 Å². The minimum atomic E-state index is -0.674. The Morgan fingerprint density at radius 3 is 2.76 bits per heavy atom. The lowest BCUT2D eigenvalue weighted by atomic mass is 9.99. The first kappa shape index (κ1) is 15.1. The zero-order chi connectivity index (χ0) is 15.4. The molecule has 0 radical (unpaired) electrons. The predicted octanol–water partition coefficient (Wildman–Crippen LogP) is 2.49. The van der Waals surface area contributed by atoms with E-state index in [0.29, 0.717) is 6.42 Å². The summed E-state index contributed by atoms with van der Waals surface area (Å²) in [5, 5.41) is 19.4. The van der Waals surface area contributed by atoms with Crippen molar-refractivity contribution in [3.8, 4) is 11.5 Å². The molecule has 1 aliphatic rings. The summed E-state index contributed by atoms with van der Waals surface area (Å²) in [4.78, 5) is 24.0. The van der Waals surface area contributed by atoms with Crippen LogP contribution in [0.4, 0.5) is 0 Å². The number of carbonyl (C=O) groups excluding carboxylic acids is 2. The van der Waals surface area contributed by atoms with Crippen molar-refractivity contribution in [2.75, 3.05) is 0 Å². The highest BCUT2D eigenvalue weighted by atomic mass is 16.5. The number of cyclic esters (lactones) is 1. The third kappa shape index (κ3) is 3.84. The summed E-state index contributed by atoms with van der Waals surface area (Å²) in [5.74, 6) is -1.44. The van der Waals surface area contributed by atoms with Crippen LogP contribution in [-0.2, 0) is 16.0 Å². The average molecular weight is 290 g/mol. The summed E-state index contributed by atoms with van der Waals surface area (Å²) >= 11 is 0. The number of rotatable bonds is 0. The average Bonchev–Trinajstić information content (AvgIpc) is 2.35. The van der Waals surface area contributed by atoms with Gasteiger partial charge < -0.3 is 14.9 Å². The Kier molecular flexibility index (Phi) is 4.62. The Morgan fingerprint density at radius 1 is 1.24 bits per heavy atom. The van der Waals surface area contributed by atoms with E-state index in [0.717, 1.165) is 18.9 Å². The topological polar surface area (TPSA) is 83.8 Å². The minimum Gasteiger partial charge on any atom is -0.508 e. The van der Waals surface area contributed by atoms with Gasteiger partial charge in [-0.05, 0) is 43.9 Å². The number of phenolic OH excluding ortho intramolecular Hbond substituents is 2. The summed E-state index contributed by atoms with van der Waals surface area (Å²) < 4.78 is 5.29. The fourth-order valence-corrected chi connectivity index (χ4v) is 2.33. The van der Waals surface area contributed by atoms with Crippen LogP contribution in [0.25, 0.3) is 0 Å². The molecular weight excluding hydrogens is 272 g/mol. The molecule has 1 aliphatic heterocycles. The lowest BCUT2D eigenvalue weighted by Crippen LogP contribution is -2.18. The Balaban J connectivity index is 2.44. The van der Waals surface area contributed by atoms with Crippen LogP contribution in [-0.4, -0.2) is 28.1 Å². The van der Waals surface area contributed by atoms with Crippen LogP contribution in [0, 0.1) is 0 Å². The number of ketones is 1. The molecule has 1 aromatic carbocycles. The summed E-state index contributed by atoms with van der Waals surface area (Å²) in [7, 11) is 0. The Bertz CT molecular complexity index is 589. The van der Waals surface area contributed by atoms with Crippen molar-refractivity contribution in [1.82, 2.24) is 0 Å². The second-order valence-corrected chi connectivity index (χ2v) is 5.19. The zero-order valence-corrected chi connectivity index (χ0v) is 11.8. The molecule has 0 saturated carbocycles. The number of phenols is 2. The van der Waals surface area contributed by atoms with Gasteiger partial charge in [-0.15, -0.1) is 0 Å². The molecule has 1 atom stereocenters. The number of carbonyl (C=O) groups is 2. The lowest BCUT2D eigenvalue weighted by Gasteiger charge is -2.16. The second kappa shape index (κ2) is 6.43. The van der Waals surface area contributed by atoms with Crippen LogP contribution in [0.5, 0.6) is 11.5 Å². The summed E-state index contributed by atoms with van der Waals surface area (Å²) in [6.45, 7) is 1.79. The van der Waals surface area contributed by atoms with E-state index in [9.17, 15) is 19.8 Å². The maximum atomic E-state index is 12.2. The van der Waals surface area contributed by atoms with Crippen LogP contribution in [0.2, 0.25) is 0 Å². The molecule has 0 aromatic heterocycles. The largest absolute Gasteiger partial charge is 0.508 e. The van der Waals surface area contributed by atoms with Crippen molar-refractivity contribution in [2.45, 2.75) is 38.7 Å². The van der Waals surface area contributed by atoms with Gasteiger partial charge in [-0.3, -0.25) is 4.79 Å². The van der Waals surface area contributed by atoms with Crippen molar-refractivity contribution >= 4 is 11.8 Å². The third-order valence-corrected chi connectivity index (χ3v) is 3.35. The monoisotopic (exact) mass is 290 g/mol. The van der Waals surface area contributed by atoms with Crippen molar-refractivity contribution in [1.29, 1.82) is 0 Å². The fourth-order valence-electron chi connectivity index (χ4n) is 2.33. The molecule has 21 heavy (non-hydrogen) atoms. The number of aromatic hydroxyl groups is 2. The molecule has 1 heterocycles. The summed E-state index contributed by atoms with van der Waals surface area (Å²) in [5.41, 5.74) is 0.210. The molecule has 1 aromatic rings. The van der Waals surface area contributed by atoms with E-state index >= 15 is 0 Å². The van der Waals surface area contributed by atoms with Gasteiger partial charge in [-0.1, -0.05) is 6.08 Å². The molecule has 2 N–H and O–H groups in total. The van der Waals surface area contributed by atoms with Crippen molar-refractivity contribution in [2.24, 2.45) is 0 Å². The normalized spacial score (nSPS) is 21.7.